The lowest BCUT2D eigenvalue weighted by Crippen LogP contribution is -2.28. The molecule has 134 valence electrons. The van der Waals surface area contributed by atoms with E-state index in [-0.39, 0.29) is 11.7 Å². The number of hydrogen-bond acceptors (Lipinski definition) is 3. The number of halogens is 1. The molecule has 1 unspecified atom stereocenters. The van der Waals surface area contributed by atoms with Crippen LogP contribution in [0.5, 0.6) is 0 Å². The minimum atomic E-state index is -0.743. The molecule has 4 rings (SSSR count). The standard InChI is InChI=1S/C22H17FN2O2/c23-17-10-6-9-16(13-17)20-14-21(27-25-20)22(26)24-19-12-5-4-11-18(19)15-7-2-1-3-8-15/h1-13,21H,14H2,(H,24,26). The molecule has 0 radical (unpaired) electrons. The van der Waals surface area contributed by atoms with E-state index in [2.05, 4.69) is 10.5 Å². The van der Waals surface area contributed by atoms with Crippen molar-refractivity contribution in [2.75, 3.05) is 5.32 Å². The highest BCUT2D eigenvalue weighted by molar-refractivity contribution is 6.06. The van der Waals surface area contributed by atoms with Crippen LogP contribution in [-0.2, 0) is 9.63 Å². The fraction of sp³-hybridized carbons (Fsp3) is 0.0909. The van der Waals surface area contributed by atoms with Crippen LogP contribution >= 0.6 is 0 Å². The number of carbonyl (C=O) groups is 1. The summed E-state index contributed by atoms with van der Waals surface area (Å²) in [6, 6.07) is 23.5. The molecule has 1 N–H and O–H groups in total. The van der Waals surface area contributed by atoms with Crippen molar-refractivity contribution in [2.24, 2.45) is 5.16 Å². The second kappa shape index (κ2) is 7.41. The molecule has 1 amide bonds. The van der Waals surface area contributed by atoms with Crippen LogP contribution in [0.3, 0.4) is 0 Å². The van der Waals surface area contributed by atoms with Gasteiger partial charge in [-0.25, -0.2) is 4.39 Å². The van der Waals surface area contributed by atoms with Crippen LogP contribution < -0.4 is 5.32 Å². The third-order valence-electron chi connectivity index (χ3n) is 4.39. The van der Waals surface area contributed by atoms with Crippen LogP contribution in [0.2, 0.25) is 0 Å². The summed E-state index contributed by atoms with van der Waals surface area (Å²) in [5.41, 5.74) is 3.82. The van der Waals surface area contributed by atoms with E-state index in [1.165, 1.54) is 12.1 Å². The maximum absolute atomic E-state index is 13.4. The van der Waals surface area contributed by atoms with E-state index >= 15 is 0 Å². The van der Waals surface area contributed by atoms with Gasteiger partial charge in [-0.05, 0) is 23.8 Å². The molecule has 1 heterocycles. The second-order valence-corrected chi connectivity index (χ2v) is 6.25. The van der Waals surface area contributed by atoms with E-state index in [1.54, 1.807) is 12.1 Å². The van der Waals surface area contributed by atoms with Crippen molar-refractivity contribution < 1.29 is 14.0 Å². The SMILES string of the molecule is O=C(Nc1ccccc1-c1ccccc1)C1CC(c2cccc(F)c2)=NO1. The van der Waals surface area contributed by atoms with Gasteiger partial charge in [-0.1, -0.05) is 65.8 Å². The highest BCUT2D eigenvalue weighted by Crippen LogP contribution is 2.28. The van der Waals surface area contributed by atoms with Gasteiger partial charge in [0.25, 0.3) is 5.91 Å². The molecule has 0 bridgehead atoms. The van der Waals surface area contributed by atoms with Gasteiger partial charge in [0.2, 0.25) is 6.10 Å². The minimum absolute atomic E-state index is 0.284. The van der Waals surface area contributed by atoms with Gasteiger partial charge in [0.1, 0.15) is 5.82 Å². The van der Waals surface area contributed by atoms with Gasteiger partial charge < -0.3 is 10.2 Å². The molecule has 0 aromatic heterocycles. The number of amides is 1. The average Bonchev–Trinajstić information content (AvgIpc) is 3.20. The Kier molecular flexibility index (Phi) is 4.66. The van der Waals surface area contributed by atoms with Crippen molar-refractivity contribution in [1.82, 2.24) is 0 Å². The summed E-state index contributed by atoms with van der Waals surface area (Å²) in [6.07, 6.45) is -0.449. The topological polar surface area (TPSA) is 50.7 Å². The smallest absolute Gasteiger partial charge is 0.268 e. The largest absolute Gasteiger partial charge is 0.382 e. The fourth-order valence-electron chi connectivity index (χ4n) is 3.03. The Bertz CT molecular complexity index is 1000. The first-order valence-electron chi connectivity index (χ1n) is 8.64. The molecule has 5 heteroatoms. The Morgan fingerprint density at radius 3 is 2.52 bits per heavy atom. The second-order valence-electron chi connectivity index (χ2n) is 6.25. The maximum atomic E-state index is 13.4. The Hall–Kier alpha value is -3.47. The molecular formula is C22H17FN2O2. The van der Waals surface area contributed by atoms with E-state index in [0.29, 0.717) is 23.4 Å². The lowest BCUT2D eigenvalue weighted by Gasteiger charge is -2.13. The normalized spacial score (nSPS) is 15.7. The number of nitrogens with one attached hydrogen (secondary N) is 1. The summed E-state index contributed by atoms with van der Waals surface area (Å²) in [6.45, 7) is 0. The number of anilines is 1. The number of nitrogens with zero attached hydrogens (tertiary/aromatic N) is 1. The van der Waals surface area contributed by atoms with Gasteiger partial charge in [-0.15, -0.1) is 0 Å². The van der Waals surface area contributed by atoms with Crippen LogP contribution in [0, 0.1) is 5.82 Å². The molecule has 0 saturated heterocycles. The third kappa shape index (κ3) is 3.72. The van der Waals surface area contributed by atoms with Crippen molar-refractivity contribution in [3.8, 4) is 11.1 Å². The molecular weight excluding hydrogens is 343 g/mol. The van der Waals surface area contributed by atoms with Crippen LogP contribution in [0.4, 0.5) is 10.1 Å². The quantitative estimate of drug-likeness (QED) is 0.738. The first-order valence-corrected chi connectivity index (χ1v) is 8.64. The predicted molar refractivity (Wildman–Crippen MR) is 103 cm³/mol. The maximum Gasteiger partial charge on any atom is 0.268 e. The molecule has 3 aromatic rings. The van der Waals surface area contributed by atoms with E-state index in [4.69, 9.17) is 4.84 Å². The van der Waals surface area contributed by atoms with Crippen molar-refractivity contribution in [1.29, 1.82) is 0 Å². The van der Waals surface area contributed by atoms with Crippen molar-refractivity contribution in [3.05, 3.63) is 90.2 Å². The van der Waals surface area contributed by atoms with Crippen molar-refractivity contribution in [3.63, 3.8) is 0 Å². The summed E-state index contributed by atoms with van der Waals surface area (Å²) in [7, 11) is 0. The molecule has 1 atom stereocenters. The lowest BCUT2D eigenvalue weighted by molar-refractivity contribution is -0.125. The highest BCUT2D eigenvalue weighted by atomic mass is 19.1. The average molecular weight is 360 g/mol. The van der Waals surface area contributed by atoms with Gasteiger partial charge in [-0.3, -0.25) is 4.79 Å². The molecule has 4 nitrogen and oxygen atoms in total. The Labute approximate surface area is 156 Å². The Morgan fingerprint density at radius 2 is 1.70 bits per heavy atom. The Balaban J connectivity index is 1.49. The molecule has 0 fully saturated rings. The number of benzene rings is 3. The van der Waals surface area contributed by atoms with Gasteiger partial charge in [0, 0.05) is 23.2 Å². The number of hydrogen-bond donors (Lipinski definition) is 1. The number of rotatable bonds is 4. The zero-order valence-corrected chi connectivity index (χ0v) is 14.4. The van der Waals surface area contributed by atoms with E-state index in [1.807, 2.05) is 54.6 Å². The van der Waals surface area contributed by atoms with Crippen LogP contribution in [0.15, 0.2) is 84.0 Å². The van der Waals surface area contributed by atoms with Gasteiger partial charge in [0.15, 0.2) is 0 Å². The molecule has 0 saturated carbocycles. The molecule has 0 aliphatic carbocycles. The zero-order valence-electron chi connectivity index (χ0n) is 14.4. The summed E-state index contributed by atoms with van der Waals surface area (Å²) in [4.78, 5) is 18.0. The van der Waals surface area contributed by atoms with E-state index in [9.17, 15) is 9.18 Å². The summed E-state index contributed by atoms with van der Waals surface area (Å²) in [5, 5.41) is 6.88. The summed E-state index contributed by atoms with van der Waals surface area (Å²) < 4.78 is 13.4. The van der Waals surface area contributed by atoms with Crippen molar-refractivity contribution in [2.45, 2.75) is 12.5 Å². The molecule has 1 aliphatic heterocycles. The Morgan fingerprint density at radius 1 is 0.963 bits per heavy atom. The van der Waals surface area contributed by atoms with Gasteiger partial charge in [0.05, 0.1) is 5.71 Å². The highest BCUT2D eigenvalue weighted by Gasteiger charge is 2.29. The predicted octanol–water partition coefficient (Wildman–Crippen LogP) is 4.62. The van der Waals surface area contributed by atoms with E-state index in [0.717, 1.165) is 11.1 Å². The lowest BCUT2D eigenvalue weighted by atomic mass is 10.0. The number of carbonyl (C=O) groups excluding carboxylic acids is 1. The van der Waals surface area contributed by atoms with Crippen LogP contribution in [-0.4, -0.2) is 17.7 Å². The van der Waals surface area contributed by atoms with Crippen LogP contribution in [0.25, 0.3) is 11.1 Å². The molecule has 0 spiro atoms. The first-order chi connectivity index (χ1) is 13.2. The first kappa shape index (κ1) is 17.0. The monoisotopic (exact) mass is 360 g/mol. The minimum Gasteiger partial charge on any atom is -0.382 e. The summed E-state index contributed by atoms with van der Waals surface area (Å²) >= 11 is 0. The van der Waals surface area contributed by atoms with E-state index < -0.39 is 6.10 Å². The molecule has 1 aliphatic rings. The number of oxime groups is 1. The molecule has 3 aromatic carbocycles. The molecule has 27 heavy (non-hydrogen) atoms. The fourth-order valence-corrected chi connectivity index (χ4v) is 3.03. The number of para-hydroxylation sites is 1. The zero-order chi connectivity index (χ0) is 18.6. The van der Waals surface area contributed by atoms with Crippen LogP contribution in [0.1, 0.15) is 12.0 Å². The summed E-state index contributed by atoms with van der Waals surface area (Å²) in [5.74, 6) is -0.631. The van der Waals surface area contributed by atoms with Gasteiger partial charge in [-0.2, -0.15) is 0 Å². The third-order valence-corrected chi connectivity index (χ3v) is 4.39. The van der Waals surface area contributed by atoms with Crippen molar-refractivity contribution >= 4 is 17.3 Å². The van der Waals surface area contributed by atoms with Gasteiger partial charge >= 0.3 is 0 Å².